The molecule has 0 radical (unpaired) electrons. The summed E-state index contributed by atoms with van der Waals surface area (Å²) in [5, 5.41) is 0. The Morgan fingerprint density at radius 1 is 1.17 bits per heavy atom. The summed E-state index contributed by atoms with van der Waals surface area (Å²) >= 11 is 0. The van der Waals surface area contributed by atoms with E-state index < -0.39 is 10.0 Å². The largest absolute Gasteiger partial charge is 0.345 e. The number of sulfonamides is 1. The van der Waals surface area contributed by atoms with E-state index in [9.17, 15) is 13.2 Å². The summed E-state index contributed by atoms with van der Waals surface area (Å²) < 4.78 is 27.6. The van der Waals surface area contributed by atoms with Gasteiger partial charge in [0.2, 0.25) is 10.0 Å². The average molecular weight is 338 g/mol. The molecule has 0 saturated carbocycles. The molecule has 5 nitrogen and oxygen atoms in total. The summed E-state index contributed by atoms with van der Waals surface area (Å²) in [5.41, 5.74) is 1.96. The van der Waals surface area contributed by atoms with Gasteiger partial charge in [-0.05, 0) is 55.9 Å². The van der Waals surface area contributed by atoms with Gasteiger partial charge in [0.1, 0.15) is 0 Å². The Morgan fingerprint density at radius 3 is 2.26 bits per heavy atom. The Hall–Kier alpha value is -1.40. The number of piperidine rings is 1. The highest BCUT2D eigenvalue weighted by atomic mass is 32.2. The smallest absolute Gasteiger partial charge is 0.253 e. The molecular formula is C17H26N2O3S. The molecule has 0 unspecified atom stereocenters. The summed E-state index contributed by atoms with van der Waals surface area (Å²) in [4.78, 5) is 13.9. The molecule has 1 aliphatic rings. The van der Waals surface area contributed by atoms with Gasteiger partial charge in [-0.15, -0.1) is 0 Å². The van der Waals surface area contributed by atoms with E-state index in [2.05, 4.69) is 6.92 Å². The third kappa shape index (κ3) is 3.58. The maximum atomic E-state index is 13.0. The molecule has 23 heavy (non-hydrogen) atoms. The number of carbonyl (C=O) groups excluding carboxylic acids is 1. The summed E-state index contributed by atoms with van der Waals surface area (Å²) in [6, 6.07) is 3.28. The molecule has 128 valence electrons. The van der Waals surface area contributed by atoms with Crippen LogP contribution in [0.2, 0.25) is 0 Å². The van der Waals surface area contributed by atoms with Crippen LogP contribution in [0.25, 0.3) is 0 Å². The second kappa shape index (κ2) is 6.61. The number of benzene rings is 1. The molecule has 1 aliphatic heterocycles. The van der Waals surface area contributed by atoms with Crippen LogP contribution in [0.15, 0.2) is 17.0 Å². The van der Waals surface area contributed by atoms with Crippen molar-refractivity contribution in [3.8, 4) is 0 Å². The number of aryl methyl sites for hydroxylation is 1. The van der Waals surface area contributed by atoms with Gasteiger partial charge in [-0.1, -0.05) is 6.92 Å². The van der Waals surface area contributed by atoms with Crippen LogP contribution in [0.4, 0.5) is 0 Å². The van der Waals surface area contributed by atoms with Gasteiger partial charge in [-0.2, -0.15) is 4.31 Å². The lowest BCUT2D eigenvalue weighted by Gasteiger charge is -2.30. The Labute approximate surface area is 139 Å². The van der Waals surface area contributed by atoms with Gasteiger partial charge >= 0.3 is 0 Å². The molecule has 0 aromatic heterocycles. The van der Waals surface area contributed by atoms with Crippen LogP contribution >= 0.6 is 0 Å². The molecule has 0 bridgehead atoms. The first-order valence-electron chi connectivity index (χ1n) is 7.97. The van der Waals surface area contributed by atoms with E-state index in [4.69, 9.17) is 0 Å². The van der Waals surface area contributed by atoms with E-state index in [1.54, 1.807) is 31.4 Å². The van der Waals surface area contributed by atoms with Crippen molar-refractivity contribution in [3.05, 3.63) is 28.8 Å². The number of hydrogen-bond donors (Lipinski definition) is 0. The van der Waals surface area contributed by atoms with Crippen LogP contribution in [-0.2, 0) is 10.0 Å². The SMILES string of the molecule is Cc1cc(C(=O)N(C)C)cc(S(=O)(=O)N2CCC(C)CC2)c1C. The highest BCUT2D eigenvalue weighted by Gasteiger charge is 2.30. The molecule has 1 saturated heterocycles. The second-order valence-electron chi connectivity index (χ2n) is 6.70. The lowest BCUT2D eigenvalue weighted by atomic mass is 10.0. The van der Waals surface area contributed by atoms with Gasteiger partial charge in [0.15, 0.2) is 0 Å². The van der Waals surface area contributed by atoms with Crippen molar-refractivity contribution < 1.29 is 13.2 Å². The molecule has 1 amide bonds. The monoisotopic (exact) mass is 338 g/mol. The summed E-state index contributed by atoms with van der Waals surface area (Å²) in [5.74, 6) is 0.378. The molecule has 0 spiro atoms. The summed E-state index contributed by atoms with van der Waals surface area (Å²) in [6.45, 7) is 6.90. The molecule has 0 atom stereocenters. The minimum Gasteiger partial charge on any atom is -0.345 e. The first-order chi connectivity index (χ1) is 10.6. The van der Waals surface area contributed by atoms with Crippen molar-refractivity contribution in [2.75, 3.05) is 27.2 Å². The third-order valence-corrected chi connectivity index (χ3v) is 6.66. The maximum absolute atomic E-state index is 13.0. The van der Waals surface area contributed by atoms with Crippen molar-refractivity contribution >= 4 is 15.9 Å². The average Bonchev–Trinajstić information content (AvgIpc) is 2.49. The minimum atomic E-state index is -3.56. The fourth-order valence-corrected chi connectivity index (χ4v) is 4.63. The van der Waals surface area contributed by atoms with Crippen molar-refractivity contribution in [2.24, 2.45) is 5.92 Å². The Kier molecular flexibility index (Phi) is 5.16. The summed E-state index contributed by atoms with van der Waals surface area (Å²) in [7, 11) is -0.229. The topological polar surface area (TPSA) is 57.7 Å². The Morgan fingerprint density at radius 2 is 1.74 bits per heavy atom. The quantitative estimate of drug-likeness (QED) is 0.850. The lowest BCUT2D eigenvalue weighted by molar-refractivity contribution is 0.0827. The first-order valence-corrected chi connectivity index (χ1v) is 9.41. The van der Waals surface area contributed by atoms with E-state index >= 15 is 0 Å². The van der Waals surface area contributed by atoms with Gasteiger partial charge in [0, 0.05) is 32.7 Å². The van der Waals surface area contributed by atoms with Crippen LogP contribution in [0.3, 0.4) is 0 Å². The second-order valence-corrected chi connectivity index (χ2v) is 8.61. The van der Waals surface area contributed by atoms with Crippen molar-refractivity contribution in [3.63, 3.8) is 0 Å². The van der Waals surface area contributed by atoms with Crippen molar-refractivity contribution in [1.29, 1.82) is 0 Å². The highest BCUT2D eigenvalue weighted by Crippen LogP contribution is 2.28. The molecule has 1 fully saturated rings. The highest BCUT2D eigenvalue weighted by molar-refractivity contribution is 7.89. The van der Waals surface area contributed by atoms with Crippen molar-refractivity contribution in [2.45, 2.75) is 38.5 Å². The normalized spacial score (nSPS) is 17.3. The molecule has 1 heterocycles. The van der Waals surface area contributed by atoms with Gasteiger partial charge < -0.3 is 4.90 Å². The zero-order valence-corrected chi connectivity index (χ0v) is 15.4. The minimum absolute atomic E-state index is 0.184. The van der Waals surface area contributed by atoms with Gasteiger partial charge in [-0.25, -0.2) is 8.42 Å². The van der Waals surface area contributed by atoms with Gasteiger partial charge in [0.25, 0.3) is 5.91 Å². The van der Waals surface area contributed by atoms with E-state index in [1.807, 2.05) is 6.92 Å². The van der Waals surface area contributed by atoms with Crippen LogP contribution in [0, 0.1) is 19.8 Å². The predicted molar refractivity (Wildman–Crippen MR) is 91.1 cm³/mol. The molecule has 2 rings (SSSR count). The fraction of sp³-hybridized carbons (Fsp3) is 0.588. The fourth-order valence-electron chi connectivity index (χ4n) is 2.84. The number of hydrogen-bond acceptors (Lipinski definition) is 3. The molecule has 0 aliphatic carbocycles. The number of nitrogens with zero attached hydrogens (tertiary/aromatic N) is 2. The predicted octanol–water partition coefficient (Wildman–Crippen LogP) is 2.43. The van der Waals surface area contributed by atoms with E-state index in [1.165, 1.54) is 11.0 Å². The zero-order chi connectivity index (χ0) is 17.4. The number of amides is 1. The molecule has 0 N–H and O–H groups in total. The van der Waals surface area contributed by atoms with Crippen LogP contribution in [0.1, 0.15) is 41.3 Å². The molecule has 1 aromatic carbocycles. The first kappa shape index (κ1) is 17.9. The Bertz CT molecular complexity index is 703. The van der Waals surface area contributed by atoms with Crippen LogP contribution in [0.5, 0.6) is 0 Å². The standard InChI is InChI=1S/C17H26N2O3S/c1-12-6-8-19(9-7-12)23(21,22)16-11-15(17(20)18(4)5)10-13(2)14(16)3/h10-12H,6-9H2,1-5H3. The van der Waals surface area contributed by atoms with E-state index in [0.717, 1.165) is 24.0 Å². The van der Waals surface area contributed by atoms with E-state index in [0.29, 0.717) is 24.6 Å². The third-order valence-electron chi connectivity index (χ3n) is 4.63. The Balaban J connectivity index is 2.47. The molecular weight excluding hydrogens is 312 g/mol. The molecule has 6 heteroatoms. The zero-order valence-electron chi connectivity index (χ0n) is 14.6. The van der Waals surface area contributed by atoms with Crippen molar-refractivity contribution in [1.82, 2.24) is 9.21 Å². The number of rotatable bonds is 3. The van der Waals surface area contributed by atoms with Gasteiger partial charge in [0.05, 0.1) is 4.90 Å². The molecule has 1 aromatic rings. The number of carbonyl (C=O) groups is 1. The van der Waals surface area contributed by atoms with Crippen LogP contribution in [-0.4, -0.2) is 50.7 Å². The van der Waals surface area contributed by atoms with E-state index in [-0.39, 0.29) is 10.8 Å². The van der Waals surface area contributed by atoms with Crippen LogP contribution < -0.4 is 0 Å². The maximum Gasteiger partial charge on any atom is 0.253 e. The summed E-state index contributed by atoms with van der Waals surface area (Å²) in [6.07, 6.45) is 1.77. The van der Waals surface area contributed by atoms with Gasteiger partial charge in [-0.3, -0.25) is 4.79 Å². The lowest BCUT2D eigenvalue weighted by Crippen LogP contribution is -2.38.